The van der Waals surface area contributed by atoms with Gasteiger partial charge in [-0.05, 0) is 19.8 Å². The molecule has 0 radical (unpaired) electrons. The predicted molar refractivity (Wildman–Crippen MR) is 70.3 cm³/mol. The van der Waals surface area contributed by atoms with Crippen molar-refractivity contribution in [3.05, 3.63) is 12.2 Å². The Labute approximate surface area is 109 Å². The van der Waals surface area contributed by atoms with Crippen LogP contribution < -0.4 is 5.32 Å². The van der Waals surface area contributed by atoms with Crippen molar-refractivity contribution in [3.8, 4) is 0 Å². The summed E-state index contributed by atoms with van der Waals surface area (Å²) >= 11 is 0. The van der Waals surface area contributed by atoms with E-state index < -0.39 is 0 Å². The maximum absolute atomic E-state index is 5.80. The largest absolute Gasteiger partial charge is 0.378 e. The molecule has 3 unspecified atom stereocenters. The lowest BCUT2D eigenvalue weighted by Crippen LogP contribution is -2.62. The first-order valence-corrected chi connectivity index (χ1v) is 6.90. The number of hydrogen-bond acceptors (Lipinski definition) is 4. The van der Waals surface area contributed by atoms with E-state index in [9.17, 15) is 0 Å². The van der Waals surface area contributed by atoms with Crippen molar-refractivity contribution in [2.45, 2.75) is 52.2 Å². The summed E-state index contributed by atoms with van der Waals surface area (Å²) in [5, 5.41) is 10.4. The first-order chi connectivity index (χ1) is 8.70. The second-order valence-corrected chi connectivity index (χ2v) is 5.23. The zero-order valence-corrected chi connectivity index (χ0v) is 11.6. The average Bonchev–Trinajstić information content (AvgIpc) is 2.89. The van der Waals surface area contributed by atoms with Crippen LogP contribution in [0.2, 0.25) is 0 Å². The molecule has 1 saturated carbocycles. The van der Waals surface area contributed by atoms with Gasteiger partial charge >= 0.3 is 0 Å². The van der Waals surface area contributed by atoms with Gasteiger partial charge in [0.2, 0.25) is 0 Å². The van der Waals surface area contributed by atoms with E-state index in [1.54, 1.807) is 6.33 Å². The van der Waals surface area contributed by atoms with E-state index in [0.29, 0.717) is 12.1 Å². The molecule has 1 heterocycles. The average molecular weight is 252 g/mol. The maximum atomic E-state index is 5.80. The Morgan fingerprint density at radius 1 is 1.56 bits per heavy atom. The summed E-state index contributed by atoms with van der Waals surface area (Å²) in [4.78, 5) is 4.13. The molecule has 18 heavy (non-hydrogen) atoms. The fourth-order valence-electron chi connectivity index (χ4n) is 2.78. The van der Waals surface area contributed by atoms with Gasteiger partial charge in [0.15, 0.2) is 0 Å². The molecule has 2 N–H and O–H groups in total. The van der Waals surface area contributed by atoms with E-state index in [1.165, 1.54) is 0 Å². The third-order valence-electron chi connectivity index (χ3n) is 4.33. The van der Waals surface area contributed by atoms with Gasteiger partial charge in [-0.15, -0.1) is 0 Å². The standard InChI is InChI=1S/C13H24N4O/c1-4-13(3)10(8-11(13)18-5-2)14-7-6-12-15-9-16-17-12/h9-11,14H,4-8H2,1-3H3,(H,15,16,17). The number of aromatic nitrogens is 3. The Balaban J connectivity index is 1.76. The number of aromatic amines is 1. The molecule has 0 bridgehead atoms. The van der Waals surface area contributed by atoms with Gasteiger partial charge in [-0.2, -0.15) is 5.10 Å². The van der Waals surface area contributed by atoms with E-state index in [-0.39, 0.29) is 5.41 Å². The Bertz CT molecular complexity index is 354. The highest BCUT2D eigenvalue weighted by Crippen LogP contribution is 2.45. The summed E-state index contributed by atoms with van der Waals surface area (Å²) in [6, 6.07) is 0.557. The SMILES string of the molecule is CCOC1CC(NCCc2ncn[nH]2)C1(C)CC. The lowest BCUT2D eigenvalue weighted by molar-refractivity contribution is -0.125. The van der Waals surface area contributed by atoms with Crippen molar-refractivity contribution >= 4 is 0 Å². The summed E-state index contributed by atoms with van der Waals surface area (Å²) in [5.74, 6) is 0.946. The number of ether oxygens (including phenoxy) is 1. The number of rotatable bonds is 7. The molecule has 0 saturated heterocycles. The van der Waals surface area contributed by atoms with Crippen LogP contribution in [-0.4, -0.2) is 40.5 Å². The number of H-pyrrole nitrogens is 1. The summed E-state index contributed by atoms with van der Waals surface area (Å²) in [6.07, 6.45) is 5.14. The Morgan fingerprint density at radius 3 is 3.00 bits per heavy atom. The monoisotopic (exact) mass is 252 g/mol. The van der Waals surface area contributed by atoms with Gasteiger partial charge in [0, 0.05) is 31.0 Å². The Kier molecular flexibility index (Phi) is 4.35. The van der Waals surface area contributed by atoms with Crippen LogP contribution in [0.25, 0.3) is 0 Å². The van der Waals surface area contributed by atoms with Crippen molar-refractivity contribution in [2.24, 2.45) is 5.41 Å². The molecule has 5 nitrogen and oxygen atoms in total. The quantitative estimate of drug-likeness (QED) is 0.772. The van der Waals surface area contributed by atoms with E-state index in [4.69, 9.17) is 4.74 Å². The van der Waals surface area contributed by atoms with Crippen molar-refractivity contribution in [1.82, 2.24) is 20.5 Å². The van der Waals surface area contributed by atoms with Gasteiger partial charge in [-0.25, -0.2) is 4.98 Å². The van der Waals surface area contributed by atoms with Gasteiger partial charge in [-0.3, -0.25) is 5.10 Å². The molecular formula is C13H24N4O. The summed E-state index contributed by atoms with van der Waals surface area (Å²) in [7, 11) is 0. The molecule has 0 aliphatic heterocycles. The van der Waals surface area contributed by atoms with Crippen molar-refractivity contribution in [3.63, 3.8) is 0 Å². The normalized spacial score (nSPS) is 31.3. The highest BCUT2D eigenvalue weighted by molar-refractivity contribution is 5.04. The van der Waals surface area contributed by atoms with Gasteiger partial charge in [0.1, 0.15) is 12.2 Å². The molecule has 1 aliphatic carbocycles. The highest BCUT2D eigenvalue weighted by atomic mass is 16.5. The molecule has 1 aromatic rings. The van der Waals surface area contributed by atoms with E-state index in [0.717, 1.165) is 38.2 Å². The van der Waals surface area contributed by atoms with Crippen LogP contribution >= 0.6 is 0 Å². The Hall–Kier alpha value is -0.940. The summed E-state index contributed by atoms with van der Waals surface area (Å²) < 4.78 is 5.80. The van der Waals surface area contributed by atoms with Crippen molar-refractivity contribution < 1.29 is 4.74 Å². The lowest BCUT2D eigenvalue weighted by Gasteiger charge is -2.53. The lowest BCUT2D eigenvalue weighted by atomic mass is 9.61. The van der Waals surface area contributed by atoms with E-state index >= 15 is 0 Å². The smallest absolute Gasteiger partial charge is 0.137 e. The van der Waals surface area contributed by atoms with Crippen LogP contribution in [0.1, 0.15) is 39.4 Å². The second kappa shape index (κ2) is 5.80. The fourth-order valence-corrected chi connectivity index (χ4v) is 2.78. The van der Waals surface area contributed by atoms with Crippen LogP contribution in [-0.2, 0) is 11.2 Å². The molecule has 1 aromatic heterocycles. The van der Waals surface area contributed by atoms with Crippen LogP contribution in [0.15, 0.2) is 6.33 Å². The second-order valence-electron chi connectivity index (χ2n) is 5.23. The number of nitrogens with one attached hydrogen (secondary N) is 2. The molecule has 0 amide bonds. The molecule has 3 atom stereocenters. The van der Waals surface area contributed by atoms with Gasteiger partial charge in [0.05, 0.1) is 6.10 Å². The predicted octanol–water partition coefficient (Wildman–Crippen LogP) is 1.53. The maximum Gasteiger partial charge on any atom is 0.137 e. The molecule has 2 rings (SSSR count). The van der Waals surface area contributed by atoms with Crippen LogP contribution in [0.5, 0.6) is 0 Å². The first kappa shape index (κ1) is 13.5. The molecule has 0 spiro atoms. The van der Waals surface area contributed by atoms with Crippen LogP contribution in [0.4, 0.5) is 0 Å². The minimum atomic E-state index is 0.275. The van der Waals surface area contributed by atoms with Crippen molar-refractivity contribution in [2.75, 3.05) is 13.2 Å². The number of hydrogen-bond donors (Lipinski definition) is 2. The Morgan fingerprint density at radius 2 is 2.39 bits per heavy atom. The molecule has 102 valence electrons. The first-order valence-electron chi connectivity index (χ1n) is 6.90. The highest BCUT2D eigenvalue weighted by Gasteiger charge is 2.50. The molecule has 5 heteroatoms. The third kappa shape index (κ3) is 2.57. The van der Waals surface area contributed by atoms with Gasteiger partial charge in [-0.1, -0.05) is 13.8 Å². The van der Waals surface area contributed by atoms with E-state index in [2.05, 4.69) is 41.3 Å². The van der Waals surface area contributed by atoms with Crippen molar-refractivity contribution in [1.29, 1.82) is 0 Å². The van der Waals surface area contributed by atoms with E-state index in [1.807, 2.05) is 0 Å². The molecule has 1 fully saturated rings. The van der Waals surface area contributed by atoms with Crippen LogP contribution in [0.3, 0.4) is 0 Å². The number of nitrogens with zero attached hydrogens (tertiary/aromatic N) is 2. The fraction of sp³-hybridized carbons (Fsp3) is 0.846. The van der Waals surface area contributed by atoms with Crippen LogP contribution in [0, 0.1) is 5.41 Å². The molecule has 0 aromatic carbocycles. The summed E-state index contributed by atoms with van der Waals surface area (Å²) in [5.41, 5.74) is 0.275. The summed E-state index contributed by atoms with van der Waals surface area (Å²) in [6.45, 7) is 8.39. The third-order valence-corrected chi connectivity index (χ3v) is 4.33. The molecule has 1 aliphatic rings. The van der Waals surface area contributed by atoms with Gasteiger partial charge in [0.25, 0.3) is 0 Å². The zero-order chi connectivity index (χ0) is 13.0. The van der Waals surface area contributed by atoms with Gasteiger partial charge < -0.3 is 10.1 Å². The minimum absolute atomic E-state index is 0.275. The molecular weight excluding hydrogens is 228 g/mol. The minimum Gasteiger partial charge on any atom is -0.378 e. The zero-order valence-electron chi connectivity index (χ0n) is 11.6. The topological polar surface area (TPSA) is 62.8 Å².